The zero-order chi connectivity index (χ0) is 14.7. The number of aliphatic hydroxyl groups is 2. The van der Waals surface area contributed by atoms with Gasteiger partial charge in [-0.3, -0.25) is 0 Å². The summed E-state index contributed by atoms with van der Waals surface area (Å²) >= 11 is 0. The molecule has 0 atom stereocenters. The minimum absolute atomic E-state index is 0.0879. The lowest BCUT2D eigenvalue weighted by Crippen LogP contribution is -1.99. The molecular formula is C15H14F2O3. The molecule has 0 radical (unpaired) electrons. The number of hydrogen-bond donors (Lipinski definition) is 2. The highest BCUT2D eigenvalue weighted by atomic mass is 19.2. The van der Waals surface area contributed by atoms with Gasteiger partial charge in [0.25, 0.3) is 0 Å². The van der Waals surface area contributed by atoms with Crippen molar-refractivity contribution >= 4 is 0 Å². The van der Waals surface area contributed by atoms with Crippen LogP contribution in [0.25, 0.3) is 11.1 Å². The molecule has 0 spiro atoms. The first-order valence-corrected chi connectivity index (χ1v) is 6.11. The van der Waals surface area contributed by atoms with Crippen molar-refractivity contribution < 1.29 is 23.7 Å². The number of benzene rings is 2. The highest BCUT2D eigenvalue weighted by Crippen LogP contribution is 2.30. The van der Waals surface area contributed by atoms with Crippen LogP contribution in [-0.2, 0) is 0 Å². The van der Waals surface area contributed by atoms with E-state index >= 15 is 0 Å². The van der Waals surface area contributed by atoms with Crippen LogP contribution in [-0.4, -0.2) is 16.8 Å². The van der Waals surface area contributed by atoms with Crippen LogP contribution in [0.3, 0.4) is 0 Å². The first-order valence-electron chi connectivity index (χ1n) is 6.11. The lowest BCUT2D eigenvalue weighted by molar-refractivity contribution is -0.0424. The largest absolute Gasteiger partial charge is 0.491 e. The maximum absolute atomic E-state index is 14.0. The van der Waals surface area contributed by atoms with Gasteiger partial charge < -0.3 is 14.9 Å². The normalized spacial score (nSPS) is 10.9. The SMILES string of the molecule is CCOc1ccc(-c2ccc(C(O)O)cc2)c(F)c1F. The molecule has 0 unspecified atom stereocenters. The Morgan fingerprint density at radius 1 is 1.00 bits per heavy atom. The lowest BCUT2D eigenvalue weighted by Gasteiger charge is -2.10. The molecule has 0 fully saturated rings. The fourth-order valence-electron chi connectivity index (χ4n) is 1.86. The average Bonchev–Trinajstić information content (AvgIpc) is 2.44. The zero-order valence-electron chi connectivity index (χ0n) is 10.8. The van der Waals surface area contributed by atoms with Crippen LogP contribution in [0.2, 0.25) is 0 Å². The molecule has 2 aromatic rings. The summed E-state index contributed by atoms with van der Waals surface area (Å²) in [6.45, 7) is 1.93. The molecule has 0 aliphatic rings. The van der Waals surface area contributed by atoms with Crippen LogP contribution >= 0.6 is 0 Å². The molecule has 106 valence electrons. The van der Waals surface area contributed by atoms with Gasteiger partial charge in [0.15, 0.2) is 17.9 Å². The van der Waals surface area contributed by atoms with Crippen LogP contribution in [0, 0.1) is 11.6 Å². The summed E-state index contributed by atoms with van der Waals surface area (Å²) in [4.78, 5) is 0. The standard InChI is InChI=1S/C15H14F2O3/c1-2-20-12-8-7-11(13(16)14(12)17)9-3-5-10(6-4-9)15(18)19/h3-8,15,18-19H,2H2,1H3. The van der Waals surface area contributed by atoms with Gasteiger partial charge >= 0.3 is 0 Å². The number of hydrogen-bond acceptors (Lipinski definition) is 3. The van der Waals surface area contributed by atoms with Gasteiger partial charge in [-0.2, -0.15) is 4.39 Å². The molecule has 3 nitrogen and oxygen atoms in total. The van der Waals surface area contributed by atoms with Crippen LogP contribution in [0.4, 0.5) is 8.78 Å². The molecule has 20 heavy (non-hydrogen) atoms. The Hall–Kier alpha value is -1.98. The Morgan fingerprint density at radius 2 is 1.65 bits per heavy atom. The molecule has 0 aliphatic carbocycles. The van der Waals surface area contributed by atoms with Crippen LogP contribution in [0.15, 0.2) is 36.4 Å². The van der Waals surface area contributed by atoms with E-state index in [0.29, 0.717) is 5.56 Å². The maximum atomic E-state index is 14.0. The minimum atomic E-state index is -1.59. The summed E-state index contributed by atoms with van der Waals surface area (Å²) in [7, 11) is 0. The summed E-state index contributed by atoms with van der Waals surface area (Å²) in [5.41, 5.74) is 0.805. The summed E-state index contributed by atoms with van der Waals surface area (Å²) in [6.07, 6.45) is -1.59. The van der Waals surface area contributed by atoms with Crippen molar-refractivity contribution in [1.82, 2.24) is 0 Å². The second-order valence-corrected chi connectivity index (χ2v) is 4.17. The Kier molecular flexibility index (Phi) is 4.32. The van der Waals surface area contributed by atoms with E-state index in [1.165, 1.54) is 36.4 Å². The molecule has 0 amide bonds. The monoisotopic (exact) mass is 280 g/mol. The summed E-state index contributed by atoms with van der Waals surface area (Å²) in [5, 5.41) is 18.0. The summed E-state index contributed by atoms with van der Waals surface area (Å²) < 4.78 is 32.7. The van der Waals surface area contributed by atoms with Crippen molar-refractivity contribution in [2.45, 2.75) is 13.2 Å². The fraction of sp³-hybridized carbons (Fsp3) is 0.200. The van der Waals surface area contributed by atoms with Crippen molar-refractivity contribution in [2.75, 3.05) is 6.61 Å². The van der Waals surface area contributed by atoms with E-state index in [9.17, 15) is 8.78 Å². The molecule has 0 aliphatic heterocycles. The second kappa shape index (κ2) is 5.98. The Morgan fingerprint density at radius 3 is 2.20 bits per heavy atom. The van der Waals surface area contributed by atoms with Crippen molar-refractivity contribution in [2.24, 2.45) is 0 Å². The van der Waals surface area contributed by atoms with E-state index < -0.39 is 17.9 Å². The molecule has 2 N–H and O–H groups in total. The molecule has 5 heteroatoms. The Bertz CT molecular complexity index is 595. The van der Waals surface area contributed by atoms with Gasteiger partial charge in [-0.05, 0) is 24.6 Å². The van der Waals surface area contributed by atoms with Crippen molar-refractivity contribution in [3.8, 4) is 16.9 Å². The third-order valence-electron chi connectivity index (χ3n) is 2.87. The average molecular weight is 280 g/mol. The highest BCUT2D eigenvalue weighted by molar-refractivity contribution is 5.65. The number of halogens is 2. The van der Waals surface area contributed by atoms with Crippen molar-refractivity contribution in [1.29, 1.82) is 0 Å². The number of ether oxygens (including phenoxy) is 1. The second-order valence-electron chi connectivity index (χ2n) is 4.17. The summed E-state index contributed by atoms with van der Waals surface area (Å²) in [6, 6.07) is 8.65. The Labute approximate surface area is 115 Å². The first-order chi connectivity index (χ1) is 9.54. The number of rotatable bonds is 4. The van der Waals surface area contributed by atoms with Crippen LogP contribution in [0.1, 0.15) is 18.8 Å². The van der Waals surface area contributed by atoms with E-state index in [4.69, 9.17) is 14.9 Å². The Balaban J connectivity index is 2.40. The van der Waals surface area contributed by atoms with E-state index in [-0.39, 0.29) is 23.5 Å². The molecule has 0 heterocycles. The maximum Gasteiger partial charge on any atom is 0.201 e. The van der Waals surface area contributed by atoms with Gasteiger partial charge in [-0.25, -0.2) is 4.39 Å². The molecule has 0 bridgehead atoms. The summed E-state index contributed by atoms with van der Waals surface area (Å²) in [5.74, 6) is -2.15. The quantitative estimate of drug-likeness (QED) is 0.846. The molecule has 0 aromatic heterocycles. The fourth-order valence-corrected chi connectivity index (χ4v) is 1.86. The molecule has 0 saturated heterocycles. The van der Waals surface area contributed by atoms with E-state index in [1.807, 2.05) is 0 Å². The van der Waals surface area contributed by atoms with Crippen LogP contribution < -0.4 is 4.74 Å². The van der Waals surface area contributed by atoms with E-state index in [2.05, 4.69) is 0 Å². The van der Waals surface area contributed by atoms with Gasteiger partial charge in [-0.1, -0.05) is 24.3 Å². The zero-order valence-corrected chi connectivity index (χ0v) is 10.8. The highest BCUT2D eigenvalue weighted by Gasteiger charge is 2.15. The topological polar surface area (TPSA) is 49.7 Å². The molecule has 2 rings (SSSR count). The van der Waals surface area contributed by atoms with Crippen molar-refractivity contribution in [3.63, 3.8) is 0 Å². The minimum Gasteiger partial charge on any atom is -0.491 e. The first kappa shape index (κ1) is 14.4. The van der Waals surface area contributed by atoms with Gasteiger partial charge in [0.1, 0.15) is 0 Å². The lowest BCUT2D eigenvalue weighted by atomic mass is 10.0. The predicted octanol–water partition coefficient (Wildman–Crippen LogP) is 3.01. The van der Waals surface area contributed by atoms with Gasteiger partial charge in [0, 0.05) is 11.1 Å². The van der Waals surface area contributed by atoms with E-state index in [1.54, 1.807) is 6.92 Å². The molecule has 0 saturated carbocycles. The number of aliphatic hydroxyl groups excluding tert-OH is 1. The molecular weight excluding hydrogens is 266 g/mol. The van der Waals surface area contributed by atoms with Gasteiger partial charge in [0.2, 0.25) is 5.82 Å². The van der Waals surface area contributed by atoms with Gasteiger partial charge in [-0.15, -0.1) is 0 Å². The van der Waals surface area contributed by atoms with Crippen molar-refractivity contribution in [3.05, 3.63) is 53.6 Å². The van der Waals surface area contributed by atoms with E-state index in [0.717, 1.165) is 0 Å². The van der Waals surface area contributed by atoms with Gasteiger partial charge in [0.05, 0.1) is 6.61 Å². The smallest absolute Gasteiger partial charge is 0.201 e. The predicted molar refractivity (Wildman–Crippen MR) is 70.1 cm³/mol. The van der Waals surface area contributed by atoms with Crippen LogP contribution in [0.5, 0.6) is 5.75 Å². The third kappa shape index (κ3) is 2.79. The third-order valence-corrected chi connectivity index (χ3v) is 2.87. The molecule has 2 aromatic carbocycles.